The van der Waals surface area contributed by atoms with Crippen molar-refractivity contribution < 1.29 is 4.79 Å². The Morgan fingerprint density at radius 2 is 1.88 bits per heavy atom. The van der Waals surface area contributed by atoms with Crippen LogP contribution in [0.4, 0.5) is 0 Å². The van der Waals surface area contributed by atoms with Crippen molar-refractivity contribution in [3.05, 3.63) is 82.0 Å². The van der Waals surface area contributed by atoms with Gasteiger partial charge in [-0.1, -0.05) is 58.4 Å². The second-order valence-electron chi connectivity index (χ2n) is 5.66. The number of rotatable bonds is 5. The zero-order valence-corrected chi connectivity index (χ0v) is 15.3. The first-order valence-electron chi connectivity index (χ1n) is 7.86. The van der Waals surface area contributed by atoms with Gasteiger partial charge in [0.25, 0.3) is 5.91 Å². The number of aromatic nitrogens is 2. The van der Waals surface area contributed by atoms with E-state index < -0.39 is 5.91 Å². The van der Waals surface area contributed by atoms with E-state index in [1.807, 2.05) is 66.9 Å². The van der Waals surface area contributed by atoms with Crippen molar-refractivity contribution >= 4 is 27.9 Å². The number of nitrogens with two attached hydrogens (primary N) is 1. The summed E-state index contributed by atoms with van der Waals surface area (Å²) in [6.07, 6.45) is 3.29. The van der Waals surface area contributed by atoms with Gasteiger partial charge < -0.3 is 5.73 Å². The number of primary amides is 1. The molecule has 1 amide bonds. The van der Waals surface area contributed by atoms with Gasteiger partial charge in [-0.3, -0.25) is 9.48 Å². The van der Waals surface area contributed by atoms with E-state index in [0.717, 1.165) is 15.6 Å². The Balaban J connectivity index is 2.04. The molecule has 128 valence electrons. The van der Waals surface area contributed by atoms with Crippen LogP contribution in [0.3, 0.4) is 0 Å². The zero-order valence-electron chi connectivity index (χ0n) is 13.8. The van der Waals surface area contributed by atoms with Crippen molar-refractivity contribution in [1.82, 2.24) is 9.78 Å². The van der Waals surface area contributed by atoms with Gasteiger partial charge in [0.2, 0.25) is 0 Å². The predicted molar refractivity (Wildman–Crippen MR) is 104 cm³/mol. The van der Waals surface area contributed by atoms with Crippen LogP contribution in [0, 0.1) is 11.3 Å². The van der Waals surface area contributed by atoms with Crippen LogP contribution in [0.25, 0.3) is 17.3 Å². The van der Waals surface area contributed by atoms with E-state index in [1.54, 1.807) is 4.68 Å². The first kappa shape index (κ1) is 17.6. The molecule has 0 saturated heterocycles. The van der Waals surface area contributed by atoms with Crippen LogP contribution in [-0.2, 0) is 11.3 Å². The highest BCUT2D eigenvalue weighted by Gasteiger charge is 2.13. The van der Waals surface area contributed by atoms with Crippen LogP contribution in [0.2, 0.25) is 0 Å². The van der Waals surface area contributed by atoms with Crippen LogP contribution in [-0.4, -0.2) is 15.7 Å². The first-order chi connectivity index (χ1) is 12.6. The summed E-state index contributed by atoms with van der Waals surface area (Å²) in [4.78, 5) is 11.4. The highest BCUT2D eigenvalue weighted by Crippen LogP contribution is 2.24. The summed E-state index contributed by atoms with van der Waals surface area (Å²) < 4.78 is 2.79. The molecule has 6 heteroatoms. The molecule has 0 saturated carbocycles. The minimum absolute atomic E-state index is 0.106. The summed E-state index contributed by atoms with van der Waals surface area (Å²) in [5, 5.41) is 13.8. The average Bonchev–Trinajstić information content (AvgIpc) is 3.04. The van der Waals surface area contributed by atoms with E-state index in [9.17, 15) is 4.79 Å². The van der Waals surface area contributed by atoms with Gasteiger partial charge in [0, 0.05) is 21.8 Å². The maximum atomic E-state index is 11.4. The van der Waals surface area contributed by atoms with Crippen LogP contribution in [0.5, 0.6) is 0 Å². The number of carbonyl (C=O) groups excluding carboxylic acids is 1. The summed E-state index contributed by atoms with van der Waals surface area (Å²) in [5.41, 5.74) is 8.50. The molecule has 0 fully saturated rings. The molecular weight excluding hydrogens is 392 g/mol. The molecule has 0 spiro atoms. The number of hydrogen-bond donors (Lipinski definition) is 1. The van der Waals surface area contributed by atoms with Crippen molar-refractivity contribution in [2.24, 2.45) is 5.73 Å². The normalized spacial score (nSPS) is 11.2. The Hall–Kier alpha value is -3.17. The molecule has 1 aromatic heterocycles. The molecule has 1 heterocycles. The number of nitriles is 1. The fourth-order valence-corrected chi connectivity index (χ4v) is 2.80. The highest BCUT2D eigenvalue weighted by molar-refractivity contribution is 9.10. The van der Waals surface area contributed by atoms with Crippen LogP contribution in [0.1, 0.15) is 11.1 Å². The molecular formula is C20H15BrN4O. The molecule has 0 aliphatic carbocycles. The summed E-state index contributed by atoms with van der Waals surface area (Å²) in [6, 6.07) is 19.4. The summed E-state index contributed by atoms with van der Waals surface area (Å²) in [6.45, 7) is 0.569. The second-order valence-corrected chi connectivity index (χ2v) is 6.57. The van der Waals surface area contributed by atoms with E-state index in [4.69, 9.17) is 11.0 Å². The zero-order chi connectivity index (χ0) is 18.5. The Kier molecular flexibility index (Phi) is 5.30. The van der Waals surface area contributed by atoms with Crippen LogP contribution in [0.15, 0.2) is 70.8 Å². The molecule has 0 radical (unpaired) electrons. The number of hydrogen-bond acceptors (Lipinski definition) is 3. The molecule has 3 rings (SSSR count). The first-order valence-corrected chi connectivity index (χ1v) is 8.65. The van der Waals surface area contributed by atoms with E-state index >= 15 is 0 Å². The summed E-state index contributed by atoms with van der Waals surface area (Å²) in [7, 11) is 0. The van der Waals surface area contributed by atoms with E-state index in [1.165, 1.54) is 6.08 Å². The minimum Gasteiger partial charge on any atom is -0.365 e. The molecule has 26 heavy (non-hydrogen) atoms. The lowest BCUT2D eigenvalue weighted by atomic mass is 10.1. The van der Waals surface area contributed by atoms with Gasteiger partial charge >= 0.3 is 0 Å². The van der Waals surface area contributed by atoms with Crippen molar-refractivity contribution in [1.29, 1.82) is 5.26 Å². The third kappa shape index (κ3) is 4.08. The molecule has 2 N–H and O–H groups in total. The Morgan fingerprint density at radius 1 is 1.19 bits per heavy atom. The third-order valence-corrected chi connectivity index (χ3v) is 4.31. The number of halogens is 1. The van der Waals surface area contributed by atoms with E-state index in [-0.39, 0.29) is 5.57 Å². The SMILES string of the molecule is N#CC(=Cc1cn(Cc2ccc(Br)cc2)nc1-c1ccccc1)C(N)=O. The van der Waals surface area contributed by atoms with E-state index in [0.29, 0.717) is 17.8 Å². The fourth-order valence-electron chi connectivity index (χ4n) is 2.53. The maximum Gasteiger partial charge on any atom is 0.259 e. The topological polar surface area (TPSA) is 84.7 Å². The summed E-state index contributed by atoms with van der Waals surface area (Å²) in [5.74, 6) is -0.757. The van der Waals surface area contributed by atoms with Gasteiger partial charge in [-0.2, -0.15) is 10.4 Å². The average molecular weight is 407 g/mol. The maximum absolute atomic E-state index is 11.4. The Bertz CT molecular complexity index is 999. The van der Waals surface area contributed by atoms with Crippen molar-refractivity contribution in [3.8, 4) is 17.3 Å². The molecule has 0 aliphatic heterocycles. The Labute approximate surface area is 159 Å². The lowest BCUT2D eigenvalue weighted by Crippen LogP contribution is -2.12. The van der Waals surface area contributed by atoms with Crippen molar-refractivity contribution in [3.63, 3.8) is 0 Å². The van der Waals surface area contributed by atoms with Crippen LogP contribution < -0.4 is 5.73 Å². The fraction of sp³-hybridized carbons (Fsp3) is 0.0500. The predicted octanol–water partition coefficient (Wildman–Crippen LogP) is 3.75. The molecule has 0 aliphatic rings. The third-order valence-electron chi connectivity index (χ3n) is 3.78. The minimum atomic E-state index is -0.757. The molecule has 2 aromatic carbocycles. The standard InChI is InChI=1S/C20H15BrN4O/c21-18-8-6-14(7-9-18)12-25-13-17(10-16(11-22)20(23)26)19(24-25)15-4-2-1-3-5-15/h1-10,13H,12H2,(H2,23,26). The Morgan fingerprint density at radius 3 is 2.50 bits per heavy atom. The van der Waals surface area contributed by atoms with Gasteiger partial charge in [0.05, 0.1) is 12.2 Å². The number of benzene rings is 2. The largest absolute Gasteiger partial charge is 0.365 e. The molecule has 0 bridgehead atoms. The second kappa shape index (κ2) is 7.81. The monoisotopic (exact) mass is 406 g/mol. The van der Waals surface area contributed by atoms with Gasteiger partial charge in [0.15, 0.2) is 0 Å². The lowest BCUT2D eigenvalue weighted by Gasteiger charge is -2.02. The van der Waals surface area contributed by atoms with E-state index in [2.05, 4.69) is 21.0 Å². The van der Waals surface area contributed by atoms with Crippen LogP contribution >= 0.6 is 15.9 Å². The van der Waals surface area contributed by atoms with Gasteiger partial charge in [-0.15, -0.1) is 0 Å². The smallest absolute Gasteiger partial charge is 0.259 e. The van der Waals surface area contributed by atoms with Gasteiger partial charge in [-0.05, 0) is 23.8 Å². The number of nitrogens with zero attached hydrogens (tertiary/aromatic N) is 3. The molecule has 5 nitrogen and oxygen atoms in total. The molecule has 0 atom stereocenters. The van der Waals surface area contributed by atoms with Crippen molar-refractivity contribution in [2.75, 3.05) is 0 Å². The highest BCUT2D eigenvalue weighted by atomic mass is 79.9. The molecule has 3 aromatic rings. The quantitative estimate of drug-likeness (QED) is 0.516. The molecule has 0 unspecified atom stereocenters. The lowest BCUT2D eigenvalue weighted by molar-refractivity contribution is -0.114. The van der Waals surface area contributed by atoms with Gasteiger partial charge in [0.1, 0.15) is 11.6 Å². The number of amides is 1. The summed E-state index contributed by atoms with van der Waals surface area (Å²) >= 11 is 3.42. The van der Waals surface area contributed by atoms with Gasteiger partial charge in [-0.25, -0.2) is 0 Å². The van der Waals surface area contributed by atoms with Crippen molar-refractivity contribution in [2.45, 2.75) is 6.54 Å². The number of carbonyl (C=O) groups is 1.